The van der Waals surface area contributed by atoms with Crippen LogP contribution < -0.4 is 4.90 Å². The maximum atomic E-state index is 12.5. The average Bonchev–Trinajstić information content (AvgIpc) is 3.26. The third kappa shape index (κ3) is 3.51. The van der Waals surface area contributed by atoms with Gasteiger partial charge in [0.1, 0.15) is 0 Å². The molecule has 0 saturated heterocycles. The van der Waals surface area contributed by atoms with Crippen LogP contribution in [0.2, 0.25) is 0 Å². The van der Waals surface area contributed by atoms with Gasteiger partial charge in [-0.3, -0.25) is 19.8 Å². The molecule has 1 atom stereocenters. The van der Waals surface area contributed by atoms with Crippen LogP contribution in [-0.4, -0.2) is 53.6 Å². The van der Waals surface area contributed by atoms with Crippen LogP contribution in [0.15, 0.2) is 18.2 Å². The number of nitro groups is 1. The highest BCUT2D eigenvalue weighted by Gasteiger charge is 2.31. The molecule has 0 bridgehead atoms. The third-order valence-electron chi connectivity index (χ3n) is 4.54. The number of anilines is 1. The number of likely N-dealkylation sites (N-methyl/N-ethyl adjacent to an activating group) is 1. The lowest BCUT2D eigenvalue weighted by molar-refractivity contribution is -0.384. The van der Waals surface area contributed by atoms with Gasteiger partial charge in [-0.05, 0) is 43.9 Å². The summed E-state index contributed by atoms with van der Waals surface area (Å²) in [5.41, 5.74) is 1.66. The van der Waals surface area contributed by atoms with Crippen molar-refractivity contribution in [2.24, 2.45) is 5.92 Å². The van der Waals surface area contributed by atoms with Crippen molar-refractivity contribution < 1.29 is 14.8 Å². The van der Waals surface area contributed by atoms with Gasteiger partial charge in [-0.25, -0.2) is 0 Å². The largest absolute Gasteiger partial charge is 0.392 e. The molecule has 7 heteroatoms. The molecule has 1 saturated carbocycles. The standard InChI is InChI=1S/C16H21N3O4/c1-17(9-15(20)11-2-3-11)10-16(21)18-7-6-12-8-13(19(22)23)4-5-14(12)18/h4-5,8,11,15,20H,2-3,6-7,9-10H2,1H3. The smallest absolute Gasteiger partial charge is 0.269 e. The van der Waals surface area contributed by atoms with E-state index >= 15 is 0 Å². The van der Waals surface area contributed by atoms with E-state index in [-0.39, 0.29) is 24.2 Å². The van der Waals surface area contributed by atoms with Crippen LogP contribution in [0, 0.1) is 16.0 Å². The minimum atomic E-state index is -0.419. The molecule has 1 aliphatic heterocycles. The van der Waals surface area contributed by atoms with Crippen LogP contribution >= 0.6 is 0 Å². The van der Waals surface area contributed by atoms with E-state index in [2.05, 4.69) is 0 Å². The van der Waals surface area contributed by atoms with Crippen LogP contribution in [0.3, 0.4) is 0 Å². The van der Waals surface area contributed by atoms with E-state index in [1.807, 2.05) is 11.9 Å². The zero-order chi connectivity index (χ0) is 16.6. The van der Waals surface area contributed by atoms with Crippen LogP contribution in [0.1, 0.15) is 18.4 Å². The molecule has 2 aliphatic rings. The Kier molecular flexibility index (Phi) is 4.32. The van der Waals surface area contributed by atoms with Crippen LogP contribution in [0.25, 0.3) is 0 Å². The van der Waals surface area contributed by atoms with Gasteiger partial charge in [-0.2, -0.15) is 0 Å². The van der Waals surface area contributed by atoms with E-state index in [0.717, 1.165) is 24.1 Å². The maximum Gasteiger partial charge on any atom is 0.269 e. The fourth-order valence-electron chi connectivity index (χ4n) is 3.09. The predicted octanol–water partition coefficient (Wildman–Crippen LogP) is 1.19. The third-order valence-corrected chi connectivity index (χ3v) is 4.54. The van der Waals surface area contributed by atoms with Gasteiger partial charge in [0.15, 0.2) is 0 Å². The van der Waals surface area contributed by atoms with Gasteiger partial charge in [-0.15, -0.1) is 0 Å². The van der Waals surface area contributed by atoms with Crippen molar-refractivity contribution in [3.8, 4) is 0 Å². The molecule has 23 heavy (non-hydrogen) atoms. The monoisotopic (exact) mass is 319 g/mol. The number of nitrogens with zero attached hydrogens (tertiary/aromatic N) is 3. The van der Waals surface area contributed by atoms with Gasteiger partial charge in [0.2, 0.25) is 5.91 Å². The molecule has 1 unspecified atom stereocenters. The number of carbonyl (C=O) groups is 1. The number of fused-ring (bicyclic) bond motifs is 1. The lowest BCUT2D eigenvalue weighted by Gasteiger charge is -2.23. The first-order valence-corrected chi connectivity index (χ1v) is 7.90. The van der Waals surface area contributed by atoms with Crippen LogP contribution in [0.5, 0.6) is 0 Å². The Bertz CT molecular complexity index is 630. The first-order valence-electron chi connectivity index (χ1n) is 7.90. The Hall–Kier alpha value is -1.99. The molecular weight excluding hydrogens is 298 g/mol. The fraction of sp³-hybridized carbons (Fsp3) is 0.562. The van der Waals surface area contributed by atoms with E-state index in [1.165, 1.54) is 6.07 Å². The average molecular weight is 319 g/mol. The second kappa shape index (κ2) is 6.25. The van der Waals surface area contributed by atoms with E-state index < -0.39 is 4.92 Å². The molecule has 0 radical (unpaired) electrons. The number of aliphatic hydroxyl groups is 1. The summed E-state index contributed by atoms with van der Waals surface area (Å²) in [5, 5.41) is 20.8. The summed E-state index contributed by atoms with van der Waals surface area (Å²) < 4.78 is 0. The normalized spacial score (nSPS) is 18.1. The summed E-state index contributed by atoms with van der Waals surface area (Å²) in [6.45, 7) is 1.28. The molecule has 124 valence electrons. The highest BCUT2D eigenvalue weighted by atomic mass is 16.6. The van der Waals surface area contributed by atoms with Crippen LogP contribution in [0.4, 0.5) is 11.4 Å². The summed E-state index contributed by atoms with van der Waals surface area (Å²) in [5.74, 6) is 0.351. The first-order chi connectivity index (χ1) is 11.0. The van der Waals surface area contributed by atoms with Crippen LogP contribution in [-0.2, 0) is 11.2 Å². The van der Waals surface area contributed by atoms with Crippen molar-refractivity contribution >= 4 is 17.3 Å². The van der Waals surface area contributed by atoms with Crippen molar-refractivity contribution in [2.75, 3.05) is 31.6 Å². The maximum absolute atomic E-state index is 12.5. The van der Waals surface area contributed by atoms with E-state index in [0.29, 0.717) is 25.4 Å². The Morgan fingerprint density at radius 1 is 1.52 bits per heavy atom. The number of non-ortho nitro benzene ring substituents is 1. The number of hydrogen-bond acceptors (Lipinski definition) is 5. The van der Waals surface area contributed by atoms with Gasteiger partial charge < -0.3 is 10.0 Å². The lowest BCUT2D eigenvalue weighted by Crippen LogP contribution is -2.41. The van der Waals surface area contributed by atoms with Gasteiger partial charge in [0.05, 0.1) is 17.6 Å². The van der Waals surface area contributed by atoms with E-state index in [9.17, 15) is 20.0 Å². The summed E-state index contributed by atoms with van der Waals surface area (Å²) in [4.78, 5) is 26.4. The molecule has 1 aromatic carbocycles. The van der Waals surface area contributed by atoms with E-state index in [4.69, 9.17) is 0 Å². The minimum absolute atomic E-state index is 0.0388. The number of rotatable bonds is 6. The molecule has 1 amide bonds. The van der Waals surface area contributed by atoms with Crippen molar-refractivity contribution in [3.63, 3.8) is 0 Å². The van der Waals surface area contributed by atoms with Crippen molar-refractivity contribution in [1.29, 1.82) is 0 Å². The molecule has 1 fully saturated rings. The number of amides is 1. The zero-order valence-corrected chi connectivity index (χ0v) is 13.1. The summed E-state index contributed by atoms with van der Waals surface area (Å²) in [7, 11) is 1.83. The van der Waals surface area contributed by atoms with Crippen molar-refractivity contribution in [3.05, 3.63) is 33.9 Å². The number of aliphatic hydroxyl groups excluding tert-OH is 1. The highest BCUT2D eigenvalue weighted by molar-refractivity contribution is 5.97. The van der Waals surface area contributed by atoms with Gasteiger partial charge in [-0.1, -0.05) is 0 Å². The van der Waals surface area contributed by atoms with Crippen molar-refractivity contribution in [1.82, 2.24) is 4.90 Å². The predicted molar refractivity (Wildman–Crippen MR) is 85.4 cm³/mol. The molecule has 7 nitrogen and oxygen atoms in total. The molecular formula is C16H21N3O4. The van der Waals surface area contributed by atoms with Gasteiger partial charge in [0.25, 0.3) is 5.69 Å². The zero-order valence-electron chi connectivity index (χ0n) is 13.1. The topological polar surface area (TPSA) is 86.9 Å². The molecule has 0 spiro atoms. The Labute approximate surface area is 134 Å². The second-order valence-electron chi connectivity index (χ2n) is 6.47. The van der Waals surface area contributed by atoms with Gasteiger partial charge >= 0.3 is 0 Å². The molecule has 1 aromatic rings. The number of benzene rings is 1. The number of carbonyl (C=O) groups excluding carboxylic acids is 1. The van der Waals surface area contributed by atoms with Crippen molar-refractivity contribution in [2.45, 2.75) is 25.4 Å². The number of hydrogen-bond donors (Lipinski definition) is 1. The Balaban J connectivity index is 1.62. The second-order valence-corrected chi connectivity index (χ2v) is 6.47. The van der Waals surface area contributed by atoms with Gasteiger partial charge in [0, 0.05) is 30.9 Å². The summed E-state index contributed by atoms with van der Waals surface area (Å²) in [6, 6.07) is 4.63. The first kappa shape index (κ1) is 15.9. The molecule has 3 rings (SSSR count). The Morgan fingerprint density at radius 3 is 2.91 bits per heavy atom. The molecule has 1 aliphatic carbocycles. The molecule has 1 heterocycles. The molecule has 0 aromatic heterocycles. The Morgan fingerprint density at radius 2 is 2.26 bits per heavy atom. The molecule has 1 N–H and O–H groups in total. The fourth-order valence-corrected chi connectivity index (χ4v) is 3.09. The minimum Gasteiger partial charge on any atom is -0.392 e. The number of nitro benzene ring substituents is 1. The highest BCUT2D eigenvalue weighted by Crippen LogP contribution is 2.33. The summed E-state index contributed by atoms with van der Waals surface area (Å²) in [6.07, 6.45) is 2.42. The van der Waals surface area contributed by atoms with E-state index in [1.54, 1.807) is 17.0 Å². The lowest BCUT2D eigenvalue weighted by atomic mass is 10.1. The summed E-state index contributed by atoms with van der Waals surface area (Å²) >= 11 is 0. The SMILES string of the molecule is CN(CC(=O)N1CCc2cc([N+](=O)[O-])ccc21)CC(O)C1CC1. The quantitative estimate of drug-likeness (QED) is 0.628.